The largest absolute Gasteiger partial charge is 0.207 e. The number of halogens is 2. The molecule has 3 heteroatoms. The lowest BCUT2D eigenvalue weighted by molar-refractivity contribution is 0.603. The van der Waals surface area contributed by atoms with Crippen LogP contribution < -0.4 is 0 Å². The van der Waals surface area contributed by atoms with Gasteiger partial charge in [-0.05, 0) is 42.1 Å². The average Bonchev–Trinajstić information content (AvgIpc) is 2.56. The predicted octanol–water partition coefficient (Wildman–Crippen LogP) is 4.00. The second-order valence-corrected chi connectivity index (χ2v) is 4.19. The molecule has 14 heavy (non-hydrogen) atoms. The molecule has 0 radical (unpaired) electrons. The van der Waals surface area contributed by atoms with Gasteiger partial charge < -0.3 is 0 Å². The van der Waals surface area contributed by atoms with E-state index in [9.17, 15) is 8.78 Å². The topological polar surface area (TPSA) is 0 Å². The Balaban J connectivity index is 2.55. The smallest absolute Gasteiger partial charge is 0.131 e. The molecule has 0 bridgehead atoms. The van der Waals surface area contributed by atoms with Gasteiger partial charge in [0.05, 0.1) is 0 Å². The van der Waals surface area contributed by atoms with E-state index in [1.807, 2.05) is 18.4 Å². The molecule has 1 heterocycles. The molecule has 0 aliphatic carbocycles. The Kier molecular flexibility index (Phi) is 2.33. The van der Waals surface area contributed by atoms with Gasteiger partial charge in [-0.2, -0.15) is 0 Å². The summed E-state index contributed by atoms with van der Waals surface area (Å²) in [6.45, 7) is 1.94. The number of benzene rings is 1. The van der Waals surface area contributed by atoms with E-state index in [1.165, 1.54) is 17.4 Å². The van der Waals surface area contributed by atoms with Gasteiger partial charge in [0.25, 0.3) is 0 Å². The van der Waals surface area contributed by atoms with Gasteiger partial charge in [-0.25, -0.2) is 8.78 Å². The van der Waals surface area contributed by atoms with Crippen molar-refractivity contribution in [2.45, 2.75) is 6.92 Å². The summed E-state index contributed by atoms with van der Waals surface area (Å²) in [7, 11) is 0. The van der Waals surface area contributed by atoms with Crippen LogP contribution in [0.5, 0.6) is 0 Å². The van der Waals surface area contributed by atoms with Crippen LogP contribution in [-0.4, -0.2) is 0 Å². The number of rotatable bonds is 1. The third kappa shape index (κ3) is 1.68. The Labute approximate surface area is 84.8 Å². The first kappa shape index (κ1) is 9.34. The Morgan fingerprint density at radius 3 is 2.57 bits per heavy atom. The van der Waals surface area contributed by atoms with E-state index in [0.717, 1.165) is 22.6 Å². The molecule has 0 aliphatic heterocycles. The summed E-state index contributed by atoms with van der Waals surface area (Å²) < 4.78 is 26.2. The van der Waals surface area contributed by atoms with Crippen LogP contribution in [0.2, 0.25) is 0 Å². The number of thiophene rings is 1. The summed E-state index contributed by atoms with van der Waals surface area (Å²) in [6, 6.07) is 5.34. The summed E-state index contributed by atoms with van der Waals surface area (Å²) >= 11 is 1.52. The van der Waals surface area contributed by atoms with Gasteiger partial charge in [0.2, 0.25) is 0 Å². The van der Waals surface area contributed by atoms with E-state index in [2.05, 4.69) is 0 Å². The SMILES string of the molecule is Cc1cc(-c2cc(F)ccc2F)cs1. The van der Waals surface area contributed by atoms with E-state index < -0.39 is 5.82 Å². The van der Waals surface area contributed by atoms with Crippen LogP contribution in [0.3, 0.4) is 0 Å². The van der Waals surface area contributed by atoms with Crippen molar-refractivity contribution in [1.82, 2.24) is 0 Å². The first-order valence-electron chi connectivity index (χ1n) is 4.17. The normalized spacial score (nSPS) is 10.5. The highest BCUT2D eigenvalue weighted by molar-refractivity contribution is 7.10. The van der Waals surface area contributed by atoms with Gasteiger partial charge in [-0.3, -0.25) is 0 Å². The van der Waals surface area contributed by atoms with Crippen molar-refractivity contribution in [3.63, 3.8) is 0 Å². The molecular formula is C11H8F2S. The highest BCUT2D eigenvalue weighted by Crippen LogP contribution is 2.27. The maximum atomic E-state index is 13.3. The second kappa shape index (κ2) is 3.50. The zero-order valence-corrected chi connectivity index (χ0v) is 8.37. The molecule has 1 aromatic carbocycles. The average molecular weight is 210 g/mol. The van der Waals surface area contributed by atoms with Crippen molar-refractivity contribution in [1.29, 1.82) is 0 Å². The maximum absolute atomic E-state index is 13.3. The molecule has 0 amide bonds. The third-order valence-electron chi connectivity index (χ3n) is 1.97. The minimum atomic E-state index is -0.412. The molecule has 0 spiro atoms. The summed E-state index contributed by atoms with van der Waals surface area (Å²) in [5, 5.41) is 1.83. The lowest BCUT2D eigenvalue weighted by atomic mass is 10.1. The molecular weight excluding hydrogens is 202 g/mol. The van der Waals surface area contributed by atoms with Crippen molar-refractivity contribution >= 4 is 11.3 Å². The maximum Gasteiger partial charge on any atom is 0.131 e. The fraction of sp³-hybridized carbons (Fsp3) is 0.0909. The van der Waals surface area contributed by atoms with Crippen LogP contribution in [0, 0.1) is 18.6 Å². The van der Waals surface area contributed by atoms with Gasteiger partial charge in [-0.1, -0.05) is 0 Å². The molecule has 0 saturated carbocycles. The van der Waals surface area contributed by atoms with Gasteiger partial charge >= 0.3 is 0 Å². The summed E-state index contributed by atoms with van der Waals surface area (Å²) in [5.74, 6) is -0.797. The number of hydrogen-bond acceptors (Lipinski definition) is 1. The second-order valence-electron chi connectivity index (χ2n) is 3.07. The Morgan fingerprint density at radius 2 is 1.93 bits per heavy atom. The fourth-order valence-electron chi connectivity index (χ4n) is 1.30. The predicted molar refractivity (Wildman–Crippen MR) is 54.4 cm³/mol. The van der Waals surface area contributed by atoms with Crippen LogP contribution in [0.4, 0.5) is 8.78 Å². The zero-order valence-electron chi connectivity index (χ0n) is 7.55. The number of aryl methyl sites for hydroxylation is 1. The molecule has 0 nitrogen and oxygen atoms in total. The Bertz CT molecular complexity index is 460. The van der Waals surface area contributed by atoms with Crippen molar-refractivity contribution in [2.24, 2.45) is 0 Å². The van der Waals surface area contributed by atoms with Crippen molar-refractivity contribution in [2.75, 3.05) is 0 Å². The molecule has 2 rings (SSSR count). The molecule has 0 aliphatic rings. The quantitative estimate of drug-likeness (QED) is 0.667. The monoisotopic (exact) mass is 210 g/mol. The van der Waals surface area contributed by atoms with E-state index in [4.69, 9.17) is 0 Å². The van der Waals surface area contributed by atoms with Crippen LogP contribution in [0.25, 0.3) is 11.1 Å². The third-order valence-corrected chi connectivity index (χ3v) is 2.83. The van der Waals surface area contributed by atoms with Crippen LogP contribution in [0.1, 0.15) is 4.88 Å². The summed E-state index contributed by atoms with van der Waals surface area (Å²) in [6.07, 6.45) is 0. The number of hydrogen-bond donors (Lipinski definition) is 0. The van der Waals surface area contributed by atoms with E-state index in [0.29, 0.717) is 5.56 Å². The van der Waals surface area contributed by atoms with E-state index >= 15 is 0 Å². The van der Waals surface area contributed by atoms with Gasteiger partial charge in [0, 0.05) is 10.4 Å². The zero-order chi connectivity index (χ0) is 10.1. The highest BCUT2D eigenvalue weighted by Gasteiger charge is 2.07. The first-order valence-corrected chi connectivity index (χ1v) is 5.05. The van der Waals surface area contributed by atoms with Crippen LogP contribution in [0.15, 0.2) is 29.6 Å². The molecule has 0 atom stereocenters. The minimum absolute atomic E-state index is 0.328. The fourth-order valence-corrected chi connectivity index (χ4v) is 2.01. The van der Waals surface area contributed by atoms with Crippen molar-refractivity contribution < 1.29 is 8.78 Å². The molecule has 72 valence electrons. The minimum Gasteiger partial charge on any atom is -0.207 e. The molecule has 0 saturated heterocycles. The lowest BCUT2D eigenvalue weighted by Crippen LogP contribution is -1.83. The van der Waals surface area contributed by atoms with Gasteiger partial charge in [0.15, 0.2) is 0 Å². The molecule has 0 N–H and O–H groups in total. The van der Waals surface area contributed by atoms with Crippen LogP contribution >= 0.6 is 11.3 Å². The molecule has 1 aromatic heterocycles. The Hall–Kier alpha value is -1.22. The van der Waals surface area contributed by atoms with Gasteiger partial charge in [-0.15, -0.1) is 11.3 Å². The van der Waals surface area contributed by atoms with Crippen LogP contribution in [-0.2, 0) is 0 Å². The first-order chi connectivity index (χ1) is 6.66. The van der Waals surface area contributed by atoms with E-state index in [1.54, 1.807) is 0 Å². The van der Waals surface area contributed by atoms with E-state index in [-0.39, 0.29) is 5.82 Å². The standard InChI is InChI=1S/C11H8F2S/c1-7-4-8(6-14-7)10-5-9(12)2-3-11(10)13/h2-6H,1H3. The molecule has 0 fully saturated rings. The summed E-state index contributed by atoms with van der Waals surface area (Å²) in [5.41, 5.74) is 1.07. The molecule has 0 unspecified atom stereocenters. The highest BCUT2D eigenvalue weighted by atomic mass is 32.1. The lowest BCUT2D eigenvalue weighted by Gasteiger charge is -1.99. The van der Waals surface area contributed by atoms with Crippen molar-refractivity contribution in [3.05, 3.63) is 46.2 Å². The molecule has 2 aromatic rings. The van der Waals surface area contributed by atoms with Crippen molar-refractivity contribution in [3.8, 4) is 11.1 Å². The van der Waals surface area contributed by atoms with Gasteiger partial charge in [0.1, 0.15) is 11.6 Å². The Morgan fingerprint density at radius 1 is 1.14 bits per heavy atom. The summed E-state index contributed by atoms with van der Waals surface area (Å²) in [4.78, 5) is 1.09.